The highest BCUT2D eigenvalue weighted by Crippen LogP contribution is 2.48. The molecule has 57 heavy (non-hydrogen) atoms. The lowest BCUT2D eigenvalue weighted by Gasteiger charge is -2.30. The number of hydrogen-bond donors (Lipinski definition) is 3. The second-order valence-electron chi connectivity index (χ2n) is 15.2. The molecule has 0 amide bonds. The molecule has 1 aromatic carbocycles. The highest BCUT2D eigenvalue weighted by molar-refractivity contribution is 7.52. The molecule has 3 aromatic rings. The van der Waals surface area contributed by atoms with E-state index < -0.39 is 50.4 Å². The molecule has 0 aliphatic carbocycles. The SMILES string of the molecule is C#C[C@]1(CO[P@@](=O)(N[C@@H](C)C(=O)OC(CCCCCCCCCC)CCCCCCCCCC)Oc2ccccc2)O[C@@H](n2cnc3c(N)nc(F)nc32)C[C@@H]1O. The van der Waals surface area contributed by atoms with E-state index in [4.69, 9.17) is 30.7 Å². The van der Waals surface area contributed by atoms with Gasteiger partial charge < -0.3 is 24.8 Å². The number of para-hydroxylation sites is 1. The summed E-state index contributed by atoms with van der Waals surface area (Å²) in [5.41, 5.74) is 4.19. The topological polar surface area (TPSA) is 173 Å². The summed E-state index contributed by atoms with van der Waals surface area (Å²) in [6.07, 6.45) is 24.0. The molecule has 0 spiro atoms. The fraction of sp³-hybridized carbons (Fsp3) is 0.667. The van der Waals surface area contributed by atoms with Crippen LogP contribution in [0.3, 0.4) is 0 Å². The van der Waals surface area contributed by atoms with Crippen molar-refractivity contribution in [1.29, 1.82) is 0 Å². The van der Waals surface area contributed by atoms with E-state index in [1.54, 1.807) is 37.3 Å². The van der Waals surface area contributed by atoms with Gasteiger partial charge in [0.1, 0.15) is 36.8 Å². The maximum absolute atomic E-state index is 14.5. The van der Waals surface area contributed by atoms with Crippen molar-refractivity contribution in [2.45, 2.75) is 173 Å². The molecule has 15 heteroatoms. The third-order valence-electron chi connectivity index (χ3n) is 10.5. The molecule has 0 saturated carbocycles. The number of rotatable bonds is 28. The van der Waals surface area contributed by atoms with E-state index >= 15 is 0 Å². The zero-order valence-corrected chi connectivity index (χ0v) is 35.0. The van der Waals surface area contributed by atoms with Gasteiger partial charge >= 0.3 is 19.8 Å². The van der Waals surface area contributed by atoms with Crippen molar-refractivity contribution in [1.82, 2.24) is 24.6 Å². The van der Waals surface area contributed by atoms with E-state index in [0.29, 0.717) is 0 Å². The van der Waals surface area contributed by atoms with Gasteiger partial charge in [-0.3, -0.25) is 13.9 Å². The molecular formula is C42H64FN6O7P. The number of hydrogen-bond acceptors (Lipinski definition) is 11. The number of aromatic nitrogens is 4. The van der Waals surface area contributed by atoms with Gasteiger partial charge in [0.25, 0.3) is 0 Å². The quantitative estimate of drug-likeness (QED) is 0.0209. The van der Waals surface area contributed by atoms with Gasteiger partial charge in [0.05, 0.1) is 6.33 Å². The Kier molecular flexibility index (Phi) is 19.2. The Morgan fingerprint density at radius 3 is 2.18 bits per heavy atom. The van der Waals surface area contributed by atoms with Crippen LogP contribution >= 0.6 is 7.75 Å². The molecule has 3 heterocycles. The van der Waals surface area contributed by atoms with Crippen LogP contribution in [0.4, 0.5) is 10.2 Å². The van der Waals surface area contributed by atoms with Crippen molar-refractivity contribution in [3.05, 3.63) is 42.7 Å². The minimum Gasteiger partial charge on any atom is -0.461 e. The highest BCUT2D eigenvalue weighted by Gasteiger charge is 2.50. The number of carbonyl (C=O) groups is 1. The number of nitrogens with zero attached hydrogens (tertiary/aromatic N) is 4. The molecule has 4 rings (SSSR count). The Labute approximate surface area is 338 Å². The first-order valence-corrected chi connectivity index (χ1v) is 22.5. The molecule has 1 aliphatic rings. The number of imidazole rings is 1. The maximum atomic E-state index is 14.5. The van der Waals surface area contributed by atoms with E-state index in [1.165, 1.54) is 75.1 Å². The number of nitrogens with one attached hydrogen (secondary N) is 1. The second-order valence-corrected chi connectivity index (χ2v) is 16.9. The smallest absolute Gasteiger partial charge is 0.459 e. The van der Waals surface area contributed by atoms with E-state index in [9.17, 15) is 18.9 Å². The number of aliphatic hydroxyl groups is 1. The highest BCUT2D eigenvalue weighted by atomic mass is 31.2. The number of fused-ring (bicyclic) bond motifs is 1. The summed E-state index contributed by atoms with van der Waals surface area (Å²) in [7, 11) is -4.39. The number of nitrogens with two attached hydrogens (primary N) is 1. The molecule has 4 N–H and O–H groups in total. The summed E-state index contributed by atoms with van der Waals surface area (Å²) >= 11 is 0. The summed E-state index contributed by atoms with van der Waals surface area (Å²) < 4.78 is 54.0. The number of halogens is 1. The maximum Gasteiger partial charge on any atom is 0.459 e. The summed E-state index contributed by atoms with van der Waals surface area (Å²) in [5.74, 6) is 1.92. The lowest BCUT2D eigenvalue weighted by molar-refractivity contribution is -0.151. The van der Waals surface area contributed by atoms with Crippen LogP contribution in [0.5, 0.6) is 5.75 Å². The average Bonchev–Trinajstić information content (AvgIpc) is 3.77. The summed E-state index contributed by atoms with van der Waals surface area (Å²) in [5, 5.41) is 14.0. The largest absolute Gasteiger partial charge is 0.461 e. The molecule has 0 radical (unpaired) electrons. The van der Waals surface area contributed by atoms with E-state index in [2.05, 4.69) is 39.8 Å². The van der Waals surface area contributed by atoms with Crippen LogP contribution in [0.15, 0.2) is 36.7 Å². The molecule has 2 aromatic heterocycles. The van der Waals surface area contributed by atoms with Crippen molar-refractivity contribution in [3.8, 4) is 18.1 Å². The Morgan fingerprint density at radius 1 is 1.02 bits per heavy atom. The van der Waals surface area contributed by atoms with Crippen LogP contribution in [-0.2, 0) is 23.4 Å². The monoisotopic (exact) mass is 814 g/mol. The third kappa shape index (κ3) is 14.3. The number of carbonyl (C=O) groups excluding carboxylic acids is 1. The minimum absolute atomic E-state index is 0.0427. The standard InChI is InChI=1S/C42H64FN6O7P/c1-5-8-10-12-14-16-18-21-25-33(26-22-19-17-15-13-11-9-6-2)54-40(51)32(4)48-57(52,56-34-27-23-20-24-28-34)53-30-42(7-3)35(50)29-36(55-42)49-31-45-37-38(44)46-41(43)47-39(37)49/h3,20,23-24,27-28,31-33,35-36,50H,5-6,8-19,21-22,25-26,29-30H2,1-2,4H3,(H,48,52)(H2,44,46,47)/t32-,35-,36+,42+,57-/m0/s1. The van der Waals surface area contributed by atoms with Gasteiger partial charge in [0.15, 0.2) is 22.6 Å². The predicted molar refractivity (Wildman–Crippen MR) is 220 cm³/mol. The first-order chi connectivity index (χ1) is 27.5. The molecule has 0 unspecified atom stereocenters. The van der Waals surface area contributed by atoms with E-state index in [-0.39, 0.29) is 35.3 Å². The summed E-state index contributed by atoms with van der Waals surface area (Å²) in [4.78, 5) is 25.1. The molecule has 0 bridgehead atoms. The molecule has 1 aliphatic heterocycles. The van der Waals surface area contributed by atoms with Crippen LogP contribution < -0.4 is 15.3 Å². The second kappa shape index (κ2) is 23.7. The Hall–Kier alpha value is -3.60. The molecule has 1 saturated heterocycles. The number of anilines is 1. The number of aliphatic hydroxyl groups excluding tert-OH is 1. The number of ether oxygens (including phenoxy) is 2. The Bertz CT molecular complexity index is 1720. The van der Waals surface area contributed by atoms with Crippen molar-refractivity contribution in [3.63, 3.8) is 0 Å². The summed E-state index contributed by atoms with van der Waals surface area (Å²) in [6.45, 7) is 5.38. The Balaban J connectivity index is 1.41. The van der Waals surface area contributed by atoms with Crippen LogP contribution in [0.2, 0.25) is 0 Å². The van der Waals surface area contributed by atoms with Crippen LogP contribution in [-0.4, -0.2) is 61.1 Å². The lowest BCUT2D eigenvalue weighted by atomic mass is 9.99. The van der Waals surface area contributed by atoms with Gasteiger partial charge in [-0.25, -0.2) is 9.55 Å². The van der Waals surface area contributed by atoms with Crippen molar-refractivity contribution in [2.75, 3.05) is 12.3 Å². The van der Waals surface area contributed by atoms with Crippen LogP contribution in [0, 0.1) is 18.4 Å². The summed E-state index contributed by atoms with van der Waals surface area (Å²) in [6, 6.07) is 7.25. The zero-order valence-electron chi connectivity index (χ0n) is 34.1. The van der Waals surface area contributed by atoms with Crippen molar-refractivity contribution < 1.29 is 37.4 Å². The normalized spacial score (nSPS) is 19.7. The fourth-order valence-corrected chi connectivity index (χ4v) is 8.59. The first-order valence-electron chi connectivity index (χ1n) is 21.0. The third-order valence-corrected chi connectivity index (χ3v) is 12.1. The van der Waals surface area contributed by atoms with Crippen molar-refractivity contribution in [2.24, 2.45) is 0 Å². The van der Waals surface area contributed by atoms with Gasteiger partial charge in [0.2, 0.25) is 0 Å². The van der Waals surface area contributed by atoms with E-state index in [0.717, 1.165) is 51.4 Å². The molecule has 5 atom stereocenters. The molecule has 13 nitrogen and oxygen atoms in total. The average molecular weight is 815 g/mol. The molecule has 1 fully saturated rings. The lowest BCUT2D eigenvalue weighted by Crippen LogP contribution is -2.44. The van der Waals surface area contributed by atoms with Gasteiger partial charge in [-0.1, -0.05) is 128 Å². The van der Waals surface area contributed by atoms with Crippen molar-refractivity contribution >= 4 is 30.7 Å². The Morgan fingerprint density at radius 2 is 1.60 bits per heavy atom. The zero-order chi connectivity index (χ0) is 41.1. The number of terminal acetylenes is 1. The number of esters is 1. The number of unbranched alkanes of at least 4 members (excludes halogenated alkanes) is 14. The van der Waals surface area contributed by atoms with Crippen LogP contribution in [0.25, 0.3) is 11.2 Å². The van der Waals surface area contributed by atoms with Gasteiger partial charge in [0, 0.05) is 6.42 Å². The number of nitrogen functional groups attached to an aromatic ring is 1. The first kappa shape index (κ1) is 46.1. The van der Waals surface area contributed by atoms with E-state index in [1.807, 2.05) is 0 Å². The predicted octanol–water partition coefficient (Wildman–Crippen LogP) is 9.35. The van der Waals surface area contributed by atoms with Gasteiger partial charge in [-0.05, 0) is 44.7 Å². The van der Waals surface area contributed by atoms with Gasteiger partial charge in [-0.15, -0.1) is 6.42 Å². The molecular weight excluding hydrogens is 750 g/mol. The fourth-order valence-electron chi connectivity index (χ4n) is 7.07. The molecule has 316 valence electrons. The number of benzene rings is 1. The van der Waals surface area contributed by atoms with Gasteiger partial charge in [-0.2, -0.15) is 19.4 Å². The minimum atomic E-state index is -4.39. The van der Waals surface area contributed by atoms with Crippen LogP contribution in [0.1, 0.15) is 149 Å².